The van der Waals surface area contributed by atoms with Crippen molar-refractivity contribution in [2.24, 2.45) is 16.8 Å². The SMILES string of the molecule is CCN1C[C@@H](C(=O)N2CCC3(CC2)N=C(CCC(C)C)NC3=O)CCC1=O. The van der Waals surface area contributed by atoms with Crippen LogP contribution in [-0.4, -0.2) is 65.1 Å². The van der Waals surface area contributed by atoms with E-state index >= 15 is 0 Å². The minimum Gasteiger partial charge on any atom is -0.342 e. The molecule has 0 unspecified atom stereocenters. The van der Waals surface area contributed by atoms with Gasteiger partial charge in [0.1, 0.15) is 11.4 Å². The minimum atomic E-state index is -0.679. The average Bonchev–Trinajstić information content (AvgIpc) is 2.96. The number of likely N-dealkylation sites (tertiary alicyclic amines) is 2. The number of nitrogens with zero attached hydrogens (tertiary/aromatic N) is 3. The Hall–Kier alpha value is -1.92. The maximum absolute atomic E-state index is 12.9. The number of hydrogen-bond acceptors (Lipinski definition) is 4. The van der Waals surface area contributed by atoms with Crippen molar-refractivity contribution in [2.75, 3.05) is 26.2 Å². The number of carbonyl (C=O) groups is 3. The van der Waals surface area contributed by atoms with Gasteiger partial charge in [0.05, 0.1) is 5.92 Å². The third kappa shape index (κ3) is 4.17. The molecule has 1 spiro atoms. The number of amides is 3. The van der Waals surface area contributed by atoms with Crippen LogP contribution in [0.2, 0.25) is 0 Å². The van der Waals surface area contributed by atoms with Gasteiger partial charge in [0.2, 0.25) is 11.8 Å². The first-order valence-corrected chi connectivity index (χ1v) is 10.3. The van der Waals surface area contributed by atoms with E-state index in [1.54, 1.807) is 4.90 Å². The summed E-state index contributed by atoms with van der Waals surface area (Å²) in [5, 5.41) is 2.96. The zero-order valence-corrected chi connectivity index (χ0v) is 16.8. The van der Waals surface area contributed by atoms with Crippen molar-refractivity contribution in [2.45, 2.75) is 64.8 Å². The monoisotopic (exact) mass is 376 g/mol. The van der Waals surface area contributed by atoms with Gasteiger partial charge >= 0.3 is 0 Å². The second kappa shape index (κ2) is 7.98. The molecule has 0 aromatic rings. The molecule has 27 heavy (non-hydrogen) atoms. The molecule has 0 aliphatic carbocycles. The van der Waals surface area contributed by atoms with Gasteiger partial charge in [-0.1, -0.05) is 13.8 Å². The lowest BCUT2D eigenvalue weighted by Gasteiger charge is -2.39. The summed E-state index contributed by atoms with van der Waals surface area (Å²) in [7, 11) is 0. The Kier molecular flexibility index (Phi) is 5.86. The third-order valence-electron chi connectivity index (χ3n) is 6.12. The summed E-state index contributed by atoms with van der Waals surface area (Å²) in [6.07, 6.45) is 4.06. The van der Waals surface area contributed by atoms with E-state index in [2.05, 4.69) is 19.2 Å². The maximum Gasteiger partial charge on any atom is 0.253 e. The largest absolute Gasteiger partial charge is 0.342 e. The smallest absolute Gasteiger partial charge is 0.253 e. The lowest BCUT2D eigenvalue weighted by atomic mass is 9.87. The summed E-state index contributed by atoms with van der Waals surface area (Å²) in [5.41, 5.74) is -0.679. The Bertz CT molecular complexity index is 635. The number of rotatable bonds is 5. The van der Waals surface area contributed by atoms with Crippen LogP contribution in [0.15, 0.2) is 4.99 Å². The third-order valence-corrected chi connectivity index (χ3v) is 6.12. The van der Waals surface area contributed by atoms with Gasteiger partial charge in [-0.2, -0.15) is 0 Å². The van der Waals surface area contributed by atoms with Crippen molar-refractivity contribution >= 4 is 23.6 Å². The van der Waals surface area contributed by atoms with E-state index in [4.69, 9.17) is 4.99 Å². The summed E-state index contributed by atoms with van der Waals surface area (Å²) in [6.45, 7) is 8.56. The van der Waals surface area contributed by atoms with Gasteiger partial charge in [0.15, 0.2) is 0 Å². The Morgan fingerprint density at radius 2 is 2.00 bits per heavy atom. The van der Waals surface area contributed by atoms with Crippen LogP contribution in [0.3, 0.4) is 0 Å². The molecule has 3 rings (SSSR count). The van der Waals surface area contributed by atoms with Gasteiger partial charge in [0.25, 0.3) is 5.91 Å². The van der Waals surface area contributed by atoms with Gasteiger partial charge in [-0.05, 0) is 38.5 Å². The topological polar surface area (TPSA) is 82.1 Å². The van der Waals surface area contributed by atoms with E-state index in [1.807, 2.05) is 11.8 Å². The summed E-state index contributed by atoms with van der Waals surface area (Å²) < 4.78 is 0. The lowest BCUT2D eigenvalue weighted by molar-refractivity contribution is -0.145. The highest BCUT2D eigenvalue weighted by atomic mass is 16.2. The predicted molar refractivity (Wildman–Crippen MR) is 103 cm³/mol. The van der Waals surface area contributed by atoms with Crippen LogP contribution in [0.4, 0.5) is 0 Å². The maximum atomic E-state index is 12.9. The van der Waals surface area contributed by atoms with Crippen LogP contribution < -0.4 is 5.32 Å². The molecule has 3 heterocycles. The fourth-order valence-electron chi connectivity index (χ4n) is 4.24. The van der Waals surface area contributed by atoms with E-state index in [0.717, 1.165) is 18.7 Å². The molecule has 0 bridgehead atoms. The highest BCUT2D eigenvalue weighted by Gasteiger charge is 2.46. The van der Waals surface area contributed by atoms with Gasteiger partial charge in [-0.3, -0.25) is 19.4 Å². The molecule has 3 aliphatic rings. The van der Waals surface area contributed by atoms with Crippen LogP contribution >= 0.6 is 0 Å². The zero-order valence-electron chi connectivity index (χ0n) is 16.8. The lowest BCUT2D eigenvalue weighted by Crippen LogP contribution is -2.53. The number of hydrogen-bond donors (Lipinski definition) is 1. The van der Waals surface area contributed by atoms with Crippen molar-refractivity contribution < 1.29 is 14.4 Å². The second-order valence-corrected chi connectivity index (χ2v) is 8.47. The fraction of sp³-hybridized carbons (Fsp3) is 0.800. The molecule has 7 heteroatoms. The highest BCUT2D eigenvalue weighted by molar-refractivity contribution is 6.08. The Morgan fingerprint density at radius 3 is 2.63 bits per heavy atom. The molecular weight excluding hydrogens is 344 g/mol. The quantitative estimate of drug-likeness (QED) is 0.791. The van der Waals surface area contributed by atoms with Crippen LogP contribution in [0.5, 0.6) is 0 Å². The van der Waals surface area contributed by atoms with Gasteiger partial charge in [-0.25, -0.2) is 0 Å². The number of piperidine rings is 2. The molecule has 2 saturated heterocycles. The molecule has 3 aliphatic heterocycles. The minimum absolute atomic E-state index is 0.00576. The van der Waals surface area contributed by atoms with Crippen LogP contribution in [0.1, 0.15) is 59.3 Å². The molecule has 0 aromatic heterocycles. The Labute approximate surface area is 161 Å². The fourth-order valence-corrected chi connectivity index (χ4v) is 4.24. The highest BCUT2D eigenvalue weighted by Crippen LogP contribution is 2.32. The number of carbonyl (C=O) groups excluding carboxylic acids is 3. The first-order valence-electron chi connectivity index (χ1n) is 10.3. The first kappa shape index (κ1) is 19.8. The van der Waals surface area contributed by atoms with E-state index in [-0.39, 0.29) is 23.6 Å². The average molecular weight is 377 g/mol. The molecule has 0 aromatic carbocycles. The van der Waals surface area contributed by atoms with Crippen molar-refractivity contribution in [3.63, 3.8) is 0 Å². The standard InChI is InChI=1S/C20H32N4O3/c1-4-23-13-15(6-8-17(23)25)18(26)24-11-9-20(10-12-24)19(27)21-16(22-20)7-5-14(2)3/h14-15H,4-13H2,1-3H3,(H,21,22,27)/t15-/m0/s1. The Balaban J connectivity index is 1.57. The van der Waals surface area contributed by atoms with Crippen molar-refractivity contribution in [1.82, 2.24) is 15.1 Å². The molecule has 1 N–H and O–H groups in total. The van der Waals surface area contributed by atoms with Crippen molar-refractivity contribution in [3.8, 4) is 0 Å². The summed E-state index contributed by atoms with van der Waals surface area (Å²) in [6, 6.07) is 0. The summed E-state index contributed by atoms with van der Waals surface area (Å²) in [5.74, 6) is 1.53. The van der Waals surface area contributed by atoms with Crippen molar-refractivity contribution in [3.05, 3.63) is 0 Å². The summed E-state index contributed by atoms with van der Waals surface area (Å²) in [4.78, 5) is 45.7. The number of aliphatic imine (C=N–C) groups is 1. The van der Waals surface area contributed by atoms with Gasteiger partial charge in [0, 0.05) is 39.0 Å². The van der Waals surface area contributed by atoms with Gasteiger partial charge < -0.3 is 15.1 Å². The summed E-state index contributed by atoms with van der Waals surface area (Å²) >= 11 is 0. The van der Waals surface area contributed by atoms with Crippen LogP contribution in [0, 0.1) is 11.8 Å². The molecule has 2 fully saturated rings. The van der Waals surface area contributed by atoms with Crippen LogP contribution in [-0.2, 0) is 14.4 Å². The van der Waals surface area contributed by atoms with E-state index in [0.29, 0.717) is 57.8 Å². The van der Waals surface area contributed by atoms with Crippen LogP contribution in [0.25, 0.3) is 0 Å². The molecule has 150 valence electrons. The molecule has 7 nitrogen and oxygen atoms in total. The Morgan fingerprint density at radius 1 is 1.30 bits per heavy atom. The number of amidine groups is 1. The molecular formula is C20H32N4O3. The molecule has 3 amide bonds. The predicted octanol–water partition coefficient (Wildman–Crippen LogP) is 1.57. The van der Waals surface area contributed by atoms with E-state index in [1.165, 1.54) is 0 Å². The number of nitrogens with one attached hydrogen (secondary N) is 1. The molecule has 0 saturated carbocycles. The molecule has 1 atom stereocenters. The normalized spacial score (nSPS) is 25.2. The van der Waals surface area contributed by atoms with Gasteiger partial charge in [-0.15, -0.1) is 0 Å². The zero-order chi connectivity index (χ0) is 19.6. The first-order chi connectivity index (χ1) is 12.8. The van der Waals surface area contributed by atoms with E-state index in [9.17, 15) is 14.4 Å². The van der Waals surface area contributed by atoms with Crippen molar-refractivity contribution in [1.29, 1.82) is 0 Å². The molecule has 0 radical (unpaired) electrons. The van der Waals surface area contributed by atoms with E-state index < -0.39 is 5.54 Å². The second-order valence-electron chi connectivity index (χ2n) is 8.47.